The number of methoxy groups -OCH3 is 1. The number of benzene rings is 1. The van der Waals surface area contributed by atoms with E-state index in [9.17, 15) is 9.18 Å². The van der Waals surface area contributed by atoms with E-state index in [2.05, 4.69) is 36.1 Å². The monoisotopic (exact) mass is 577 g/mol. The number of ether oxygens (including phenoxy) is 1. The summed E-state index contributed by atoms with van der Waals surface area (Å²) in [6.45, 7) is 2.46. The third-order valence-electron chi connectivity index (χ3n) is 6.03. The average molecular weight is 577 g/mol. The van der Waals surface area contributed by atoms with Gasteiger partial charge in [-0.3, -0.25) is 0 Å². The summed E-state index contributed by atoms with van der Waals surface area (Å²) in [6, 6.07) is 6.65. The number of para-hydroxylation sites is 1. The van der Waals surface area contributed by atoms with Crippen molar-refractivity contribution >= 4 is 23.0 Å². The normalized spacial score (nSPS) is 18.7. The molecule has 4 heterocycles. The van der Waals surface area contributed by atoms with E-state index >= 15 is 0 Å². The average Bonchev–Trinajstić information content (AvgIpc) is 3.21. The third kappa shape index (κ3) is 4.31. The van der Waals surface area contributed by atoms with E-state index in [0.29, 0.717) is 23.5 Å². The van der Waals surface area contributed by atoms with E-state index < -0.39 is 5.82 Å². The predicted octanol–water partition coefficient (Wildman–Crippen LogP) is 0.894. The number of nitrogens with one attached hydrogen (secondary N) is 4. The van der Waals surface area contributed by atoms with E-state index in [1.165, 1.54) is 13.2 Å². The van der Waals surface area contributed by atoms with Crippen molar-refractivity contribution in [3.8, 4) is 17.0 Å². The Balaban J connectivity index is 1.71. The summed E-state index contributed by atoms with van der Waals surface area (Å²) in [6.07, 6.45) is 5.70. The summed E-state index contributed by atoms with van der Waals surface area (Å²) < 4.78 is 22.4. The molecule has 0 radical (unpaired) electrons. The second-order valence-electron chi connectivity index (χ2n) is 8.27. The number of aromatic amines is 1. The van der Waals surface area contributed by atoms with Crippen LogP contribution in [0.5, 0.6) is 5.75 Å². The SMILES string of the molecule is COc1c(F)cccc1Nc1c2[nH]c3c1C(=O)NC[C@H]3[I-]N(C)CCCCNc1cnccc1-2. The molecule has 2 bridgehead atoms. The van der Waals surface area contributed by atoms with Crippen molar-refractivity contribution < 1.29 is 35.4 Å². The molecule has 0 fully saturated rings. The third-order valence-corrected chi connectivity index (χ3v) is 9.19. The number of halogens is 2. The molecule has 0 aliphatic carbocycles. The number of anilines is 3. The van der Waals surface area contributed by atoms with Gasteiger partial charge in [0.1, 0.15) is 0 Å². The first kappa shape index (κ1) is 22.9. The number of hydrogen-bond donors (Lipinski definition) is 4. The van der Waals surface area contributed by atoms with Crippen LogP contribution in [0.15, 0.2) is 36.7 Å². The van der Waals surface area contributed by atoms with Crippen LogP contribution in [-0.2, 0) is 0 Å². The molecule has 34 heavy (non-hydrogen) atoms. The molecule has 4 N–H and O–H groups in total. The van der Waals surface area contributed by atoms with Crippen molar-refractivity contribution in [3.05, 3.63) is 53.7 Å². The molecule has 0 saturated carbocycles. The Morgan fingerprint density at radius 1 is 1.26 bits per heavy atom. The number of pyridine rings is 1. The van der Waals surface area contributed by atoms with E-state index in [0.717, 1.165) is 48.6 Å². The van der Waals surface area contributed by atoms with Crippen LogP contribution in [0, 0.1) is 5.82 Å². The standard InChI is InChI=1S/C24H27FIN6O2/c1-32-11-4-3-9-28-18-13-27-10-8-14(18)20-22(30-17-7-5-6-15(25)23(17)34-2)19-21(31-20)16(26-32)12-29-24(19)33/h5-8,10,13,16,28,30-31H,3-4,9,11-12H2,1-2H3,(H,29,33)/q-1/t16-/m1/s1. The van der Waals surface area contributed by atoms with Crippen LogP contribution in [0.4, 0.5) is 21.5 Å². The van der Waals surface area contributed by atoms with Crippen LogP contribution >= 0.6 is 0 Å². The molecule has 3 aromatic rings. The Hall–Kier alpha value is -2.86. The molecular weight excluding hydrogens is 550 g/mol. The molecule has 0 spiro atoms. The number of aromatic nitrogens is 2. The van der Waals surface area contributed by atoms with Gasteiger partial charge in [0.25, 0.3) is 0 Å². The summed E-state index contributed by atoms with van der Waals surface area (Å²) >= 11 is -0.371. The zero-order valence-corrected chi connectivity index (χ0v) is 21.2. The maximum atomic E-state index is 14.5. The number of hydrogen-bond acceptors (Lipinski definition) is 6. The fraction of sp³-hybridized carbons (Fsp3) is 0.333. The van der Waals surface area contributed by atoms with Crippen molar-refractivity contribution in [1.29, 1.82) is 0 Å². The van der Waals surface area contributed by atoms with E-state index in [-0.39, 0.29) is 37.1 Å². The first-order valence-electron chi connectivity index (χ1n) is 11.2. The van der Waals surface area contributed by atoms with Crippen molar-refractivity contribution in [2.24, 2.45) is 0 Å². The summed E-state index contributed by atoms with van der Waals surface area (Å²) in [7, 11) is 3.60. The minimum absolute atomic E-state index is 0.103. The number of carbonyl (C=O) groups is 1. The number of amides is 1. The second-order valence-corrected chi connectivity index (χ2v) is 12.0. The van der Waals surface area contributed by atoms with Crippen molar-refractivity contribution in [3.63, 3.8) is 0 Å². The van der Waals surface area contributed by atoms with Crippen LogP contribution in [0.3, 0.4) is 0 Å². The number of fused-ring (bicyclic) bond motifs is 3. The first-order chi connectivity index (χ1) is 16.6. The molecule has 1 atom stereocenters. The van der Waals surface area contributed by atoms with Gasteiger partial charge in [-0.1, -0.05) is 0 Å². The van der Waals surface area contributed by atoms with Gasteiger partial charge in [0.05, 0.1) is 0 Å². The van der Waals surface area contributed by atoms with E-state index in [4.69, 9.17) is 4.74 Å². The topological polar surface area (TPSA) is 94.3 Å². The fourth-order valence-electron chi connectivity index (χ4n) is 4.40. The van der Waals surface area contributed by atoms with Gasteiger partial charge in [-0.05, 0) is 0 Å². The van der Waals surface area contributed by atoms with Gasteiger partial charge >= 0.3 is 209 Å². The summed E-state index contributed by atoms with van der Waals surface area (Å²) in [4.78, 5) is 21.1. The van der Waals surface area contributed by atoms with Crippen molar-refractivity contribution in [2.45, 2.75) is 16.8 Å². The quantitative estimate of drug-likeness (QED) is 0.210. The Labute approximate surface area is 208 Å². The number of alkyl halides is 1. The number of H-pyrrole nitrogens is 1. The second kappa shape index (κ2) is 9.79. The van der Waals surface area contributed by atoms with Crippen LogP contribution < -0.4 is 42.2 Å². The van der Waals surface area contributed by atoms with Crippen molar-refractivity contribution in [1.82, 2.24) is 18.4 Å². The van der Waals surface area contributed by atoms with Gasteiger partial charge in [0.15, 0.2) is 0 Å². The molecule has 1 aromatic carbocycles. The molecule has 2 aliphatic heterocycles. The van der Waals surface area contributed by atoms with Gasteiger partial charge in [0.2, 0.25) is 0 Å². The molecule has 8 nitrogen and oxygen atoms in total. The zero-order valence-electron chi connectivity index (χ0n) is 19.0. The summed E-state index contributed by atoms with van der Waals surface area (Å²) in [5, 5.41) is 9.92. The molecule has 0 saturated heterocycles. The maximum absolute atomic E-state index is 14.5. The number of nitrogens with zero attached hydrogens (tertiary/aromatic N) is 2. The van der Waals surface area contributed by atoms with Gasteiger partial charge in [0, 0.05) is 0 Å². The molecule has 5 rings (SSSR count). The molecule has 0 unspecified atom stereocenters. The molecule has 180 valence electrons. The fourth-order valence-corrected chi connectivity index (χ4v) is 7.33. The Kier molecular flexibility index (Phi) is 6.59. The van der Waals surface area contributed by atoms with Gasteiger partial charge in [-0.25, -0.2) is 0 Å². The van der Waals surface area contributed by atoms with Crippen LogP contribution in [0.2, 0.25) is 0 Å². The molecule has 1 amide bonds. The van der Waals surface area contributed by atoms with Gasteiger partial charge in [-0.2, -0.15) is 0 Å². The summed E-state index contributed by atoms with van der Waals surface area (Å²) in [5.41, 5.74) is 5.13. The van der Waals surface area contributed by atoms with Crippen LogP contribution in [0.25, 0.3) is 11.3 Å². The van der Waals surface area contributed by atoms with Crippen LogP contribution in [-0.4, -0.2) is 52.8 Å². The number of carbonyl (C=O) groups excluding carboxylic acids is 1. The molecule has 2 aromatic heterocycles. The Morgan fingerprint density at radius 3 is 3.00 bits per heavy atom. The molecule has 2 aliphatic rings. The van der Waals surface area contributed by atoms with Crippen LogP contribution in [0.1, 0.15) is 32.8 Å². The van der Waals surface area contributed by atoms with Gasteiger partial charge < -0.3 is 0 Å². The van der Waals surface area contributed by atoms with E-state index in [1.807, 2.05) is 6.07 Å². The Morgan fingerprint density at radius 2 is 2.15 bits per heavy atom. The van der Waals surface area contributed by atoms with E-state index in [1.54, 1.807) is 24.5 Å². The predicted molar refractivity (Wildman–Crippen MR) is 126 cm³/mol. The molecular formula is C24H27FIN6O2-. The number of rotatable bonds is 3. The summed E-state index contributed by atoms with van der Waals surface area (Å²) in [5.74, 6) is -0.513. The first-order valence-corrected chi connectivity index (χ1v) is 13.4. The van der Waals surface area contributed by atoms with Crippen molar-refractivity contribution in [2.75, 3.05) is 44.4 Å². The molecule has 10 heteroatoms. The van der Waals surface area contributed by atoms with Gasteiger partial charge in [-0.15, -0.1) is 0 Å². The Bertz CT molecular complexity index is 1220. The minimum atomic E-state index is -0.471. The zero-order chi connectivity index (χ0) is 23.7.